The molecule has 0 saturated carbocycles. The van der Waals surface area contributed by atoms with Crippen LogP contribution in [0, 0.1) is 0 Å². The number of hydrogen-bond acceptors (Lipinski definition) is 4. The maximum atomic E-state index is 5.92. The van der Waals surface area contributed by atoms with Crippen molar-refractivity contribution in [1.82, 2.24) is 10.3 Å². The van der Waals surface area contributed by atoms with E-state index < -0.39 is 0 Å². The monoisotopic (exact) mass is 334 g/mol. The number of pyridine rings is 1. The average Bonchev–Trinajstić information content (AvgIpc) is 2.67. The van der Waals surface area contributed by atoms with Crippen LogP contribution in [0.2, 0.25) is 0 Å². The van der Waals surface area contributed by atoms with E-state index in [0.29, 0.717) is 6.61 Å². The summed E-state index contributed by atoms with van der Waals surface area (Å²) in [5.41, 5.74) is 3.77. The highest BCUT2D eigenvalue weighted by atomic mass is 16.5. The molecule has 0 bridgehead atoms. The Morgan fingerprint density at radius 2 is 2.08 bits per heavy atom. The van der Waals surface area contributed by atoms with E-state index in [1.54, 1.807) is 7.11 Å². The minimum Gasteiger partial charge on any atom is -0.493 e. The molecule has 2 heterocycles. The molecule has 3 aromatic rings. The maximum Gasteiger partial charge on any atom is 0.164 e. The first-order chi connectivity index (χ1) is 12.3. The second kappa shape index (κ2) is 6.73. The normalized spacial score (nSPS) is 16.5. The molecular formula is C21H22N2O2. The Morgan fingerprint density at radius 3 is 2.92 bits per heavy atom. The third kappa shape index (κ3) is 2.83. The van der Waals surface area contributed by atoms with Crippen LogP contribution < -0.4 is 14.8 Å². The molecule has 0 radical (unpaired) electrons. The molecule has 4 rings (SSSR count). The van der Waals surface area contributed by atoms with Gasteiger partial charge >= 0.3 is 0 Å². The zero-order valence-corrected chi connectivity index (χ0v) is 14.6. The van der Waals surface area contributed by atoms with E-state index in [0.717, 1.165) is 29.9 Å². The molecule has 1 aliphatic rings. The Labute approximate surface area is 147 Å². The van der Waals surface area contributed by atoms with Gasteiger partial charge in [0.25, 0.3) is 0 Å². The van der Waals surface area contributed by atoms with Gasteiger partial charge in [-0.15, -0.1) is 0 Å². The average molecular weight is 334 g/mol. The Kier molecular flexibility index (Phi) is 4.28. The number of ether oxygens (including phenoxy) is 2. The smallest absolute Gasteiger partial charge is 0.164 e. The lowest BCUT2D eigenvalue weighted by atomic mass is 9.88. The molecule has 0 spiro atoms. The van der Waals surface area contributed by atoms with Gasteiger partial charge in [0.05, 0.1) is 19.8 Å². The van der Waals surface area contributed by atoms with Gasteiger partial charge in [0.15, 0.2) is 11.5 Å². The standard InChI is InChI=1S/C21H22N2O2/c1-3-25-21-18-9-11-23-20(17(18)6-7-19(21)24-2)15-4-5-16-13-22-10-8-14(16)12-15/h4-8,10,12-13,20,23H,3,9,11H2,1-2H3. The van der Waals surface area contributed by atoms with Gasteiger partial charge in [-0.25, -0.2) is 0 Å². The molecule has 0 saturated heterocycles. The molecule has 0 fully saturated rings. The Bertz CT molecular complexity index is 908. The maximum absolute atomic E-state index is 5.92. The molecule has 1 unspecified atom stereocenters. The number of aromatic nitrogens is 1. The van der Waals surface area contributed by atoms with Crippen LogP contribution in [-0.2, 0) is 6.42 Å². The molecule has 0 aliphatic carbocycles. The van der Waals surface area contributed by atoms with Crippen LogP contribution in [-0.4, -0.2) is 25.2 Å². The molecular weight excluding hydrogens is 312 g/mol. The SMILES string of the molecule is CCOc1c(OC)ccc2c1CCNC2c1ccc2cnccc2c1. The lowest BCUT2D eigenvalue weighted by Gasteiger charge is -2.29. The van der Waals surface area contributed by atoms with E-state index in [9.17, 15) is 0 Å². The van der Waals surface area contributed by atoms with Crippen LogP contribution in [0.25, 0.3) is 10.8 Å². The molecule has 1 atom stereocenters. The van der Waals surface area contributed by atoms with E-state index in [1.807, 2.05) is 25.4 Å². The fourth-order valence-corrected chi connectivity index (χ4v) is 3.64. The highest BCUT2D eigenvalue weighted by Gasteiger charge is 2.26. The topological polar surface area (TPSA) is 43.4 Å². The summed E-state index contributed by atoms with van der Waals surface area (Å²) in [5, 5.41) is 6.02. The van der Waals surface area contributed by atoms with Gasteiger partial charge in [0, 0.05) is 29.9 Å². The molecule has 2 aromatic carbocycles. The minimum absolute atomic E-state index is 0.159. The number of nitrogens with one attached hydrogen (secondary N) is 1. The molecule has 25 heavy (non-hydrogen) atoms. The van der Waals surface area contributed by atoms with Crippen LogP contribution >= 0.6 is 0 Å². The largest absolute Gasteiger partial charge is 0.493 e. The van der Waals surface area contributed by atoms with E-state index in [1.165, 1.54) is 22.1 Å². The predicted octanol–water partition coefficient (Wildman–Crippen LogP) is 3.88. The van der Waals surface area contributed by atoms with Crippen molar-refractivity contribution in [3.63, 3.8) is 0 Å². The van der Waals surface area contributed by atoms with Gasteiger partial charge in [-0.1, -0.05) is 18.2 Å². The van der Waals surface area contributed by atoms with Crippen LogP contribution in [0.4, 0.5) is 0 Å². The van der Waals surface area contributed by atoms with Crippen molar-refractivity contribution in [2.75, 3.05) is 20.3 Å². The first-order valence-electron chi connectivity index (χ1n) is 8.71. The second-order valence-electron chi connectivity index (χ2n) is 6.22. The Morgan fingerprint density at radius 1 is 1.16 bits per heavy atom. The third-order valence-corrected chi connectivity index (χ3v) is 4.80. The van der Waals surface area contributed by atoms with Crippen molar-refractivity contribution in [2.45, 2.75) is 19.4 Å². The summed E-state index contributed by atoms with van der Waals surface area (Å²) in [4.78, 5) is 4.20. The number of benzene rings is 2. The van der Waals surface area contributed by atoms with E-state index >= 15 is 0 Å². The summed E-state index contributed by atoms with van der Waals surface area (Å²) in [5.74, 6) is 1.70. The van der Waals surface area contributed by atoms with Crippen molar-refractivity contribution in [2.24, 2.45) is 0 Å². The lowest BCUT2D eigenvalue weighted by Crippen LogP contribution is -2.31. The Balaban J connectivity index is 1.81. The first-order valence-corrected chi connectivity index (χ1v) is 8.71. The molecule has 1 aromatic heterocycles. The fraction of sp³-hybridized carbons (Fsp3) is 0.286. The molecule has 4 heteroatoms. The van der Waals surface area contributed by atoms with E-state index in [-0.39, 0.29) is 6.04 Å². The summed E-state index contributed by atoms with van der Waals surface area (Å²) >= 11 is 0. The fourth-order valence-electron chi connectivity index (χ4n) is 3.64. The highest BCUT2D eigenvalue weighted by molar-refractivity contribution is 5.82. The van der Waals surface area contributed by atoms with Crippen molar-refractivity contribution >= 4 is 10.8 Å². The Hall–Kier alpha value is -2.59. The highest BCUT2D eigenvalue weighted by Crippen LogP contribution is 2.40. The summed E-state index contributed by atoms with van der Waals surface area (Å²) in [7, 11) is 1.69. The predicted molar refractivity (Wildman–Crippen MR) is 99.5 cm³/mol. The van der Waals surface area contributed by atoms with E-state index in [2.05, 4.69) is 40.6 Å². The second-order valence-corrected chi connectivity index (χ2v) is 6.22. The van der Waals surface area contributed by atoms with Crippen LogP contribution in [0.1, 0.15) is 29.7 Å². The number of rotatable bonds is 4. The molecule has 4 nitrogen and oxygen atoms in total. The van der Waals surface area contributed by atoms with Gasteiger partial charge in [0.2, 0.25) is 0 Å². The van der Waals surface area contributed by atoms with Gasteiger partial charge < -0.3 is 14.8 Å². The summed E-state index contributed by atoms with van der Waals surface area (Å²) < 4.78 is 11.4. The summed E-state index contributed by atoms with van der Waals surface area (Å²) in [6.45, 7) is 3.56. The van der Waals surface area contributed by atoms with Crippen LogP contribution in [0.15, 0.2) is 48.8 Å². The molecule has 0 amide bonds. The van der Waals surface area contributed by atoms with Crippen LogP contribution in [0.5, 0.6) is 11.5 Å². The zero-order chi connectivity index (χ0) is 17.2. The van der Waals surface area contributed by atoms with Crippen LogP contribution in [0.3, 0.4) is 0 Å². The number of fused-ring (bicyclic) bond motifs is 2. The van der Waals surface area contributed by atoms with Gasteiger partial charge in [-0.05, 0) is 48.1 Å². The molecule has 1 aliphatic heterocycles. The van der Waals surface area contributed by atoms with Gasteiger partial charge in [-0.2, -0.15) is 0 Å². The van der Waals surface area contributed by atoms with Crippen molar-refractivity contribution < 1.29 is 9.47 Å². The summed E-state index contributed by atoms with van der Waals surface area (Å²) in [6.07, 6.45) is 4.68. The number of hydrogen-bond donors (Lipinski definition) is 1. The van der Waals surface area contributed by atoms with Crippen molar-refractivity contribution in [3.8, 4) is 11.5 Å². The molecule has 128 valence electrons. The zero-order valence-electron chi connectivity index (χ0n) is 14.6. The summed E-state index contributed by atoms with van der Waals surface area (Å²) in [6, 6.07) is 12.9. The number of nitrogens with zero attached hydrogens (tertiary/aromatic N) is 1. The minimum atomic E-state index is 0.159. The van der Waals surface area contributed by atoms with Gasteiger partial charge in [0.1, 0.15) is 0 Å². The van der Waals surface area contributed by atoms with Crippen molar-refractivity contribution in [3.05, 3.63) is 65.5 Å². The van der Waals surface area contributed by atoms with E-state index in [4.69, 9.17) is 9.47 Å². The van der Waals surface area contributed by atoms with Gasteiger partial charge in [-0.3, -0.25) is 4.98 Å². The molecule has 1 N–H and O–H groups in total. The third-order valence-electron chi connectivity index (χ3n) is 4.80. The quantitative estimate of drug-likeness (QED) is 0.786. The number of methoxy groups -OCH3 is 1. The van der Waals surface area contributed by atoms with Crippen molar-refractivity contribution in [1.29, 1.82) is 0 Å². The first kappa shape index (κ1) is 15.9. The lowest BCUT2D eigenvalue weighted by molar-refractivity contribution is 0.305.